The van der Waals surface area contributed by atoms with E-state index in [9.17, 15) is 0 Å². The predicted molar refractivity (Wildman–Crippen MR) is 69.9 cm³/mol. The van der Waals surface area contributed by atoms with E-state index in [4.69, 9.17) is 10.5 Å². The first-order chi connectivity index (χ1) is 7.70. The molecule has 0 aromatic heterocycles. The average molecular weight is 244 g/mol. The Kier molecular flexibility index (Phi) is 4.53. The van der Waals surface area contributed by atoms with Gasteiger partial charge in [-0.15, -0.1) is 0 Å². The summed E-state index contributed by atoms with van der Waals surface area (Å²) in [5.41, 5.74) is 5.95. The third-order valence-electron chi connectivity index (χ3n) is 3.68. The first-order valence-electron chi connectivity index (χ1n) is 6.42. The van der Waals surface area contributed by atoms with Crippen molar-refractivity contribution >= 4 is 11.8 Å². The van der Waals surface area contributed by atoms with Crippen molar-refractivity contribution in [2.24, 2.45) is 5.73 Å². The van der Waals surface area contributed by atoms with Gasteiger partial charge in [0.15, 0.2) is 0 Å². The van der Waals surface area contributed by atoms with E-state index < -0.39 is 0 Å². The standard InChI is InChI=1S/C12H24N2OS/c1-9-3-4-12(15-9)11(7-13)14-5-6-16-10(2)8-14/h9-12H,3-8,13H2,1-2H3. The van der Waals surface area contributed by atoms with E-state index in [0.717, 1.165) is 11.8 Å². The van der Waals surface area contributed by atoms with Crippen molar-refractivity contribution in [2.45, 2.75) is 50.2 Å². The van der Waals surface area contributed by atoms with Crippen LogP contribution in [0.15, 0.2) is 0 Å². The zero-order valence-electron chi connectivity index (χ0n) is 10.4. The summed E-state index contributed by atoms with van der Waals surface area (Å²) in [6.45, 7) is 7.55. The second-order valence-electron chi connectivity index (χ2n) is 5.04. The summed E-state index contributed by atoms with van der Waals surface area (Å²) in [6, 6.07) is 0.438. The van der Waals surface area contributed by atoms with Crippen LogP contribution in [0.25, 0.3) is 0 Å². The number of nitrogens with zero attached hydrogens (tertiary/aromatic N) is 1. The van der Waals surface area contributed by atoms with Crippen LogP contribution in [-0.2, 0) is 4.74 Å². The number of hydrogen-bond acceptors (Lipinski definition) is 4. The molecule has 16 heavy (non-hydrogen) atoms. The number of hydrogen-bond donors (Lipinski definition) is 1. The van der Waals surface area contributed by atoms with Gasteiger partial charge >= 0.3 is 0 Å². The average Bonchev–Trinajstić information content (AvgIpc) is 2.66. The highest BCUT2D eigenvalue weighted by Crippen LogP contribution is 2.27. The lowest BCUT2D eigenvalue weighted by atomic mass is 10.1. The van der Waals surface area contributed by atoms with Crippen molar-refractivity contribution in [3.8, 4) is 0 Å². The van der Waals surface area contributed by atoms with Gasteiger partial charge in [0.2, 0.25) is 0 Å². The van der Waals surface area contributed by atoms with Crippen LogP contribution >= 0.6 is 11.8 Å². The molecule has 2 saturated heterocycles. The minimum absolute atomic E-state index is 0.371. The molecule has 4 heteroatoms. The Hall–Kier alpha value is 0.230. The van der Waals surface area contributed by atoms with Gasteiger partial charge in [0.25, 0.3) is 0 Å². The van der Waals surface area contributed by atoms with Gasteiger partial charge in [-0.05, 0) is 19.8 Å². The maximum Gasteiger partial charge on any atom is 0.0747 e. The quantitative estimate of drug-likeness (QED) is 0.812. The Balaban J connectivity index is 1.93. The molecule has 2 N–H and O–H groups in total. The van der Waals surface area contributed by atoms with Crippen molar-refractivity contribution in [3.05, 3.63) is 0 Å². The molecule has 0 aromatic carbocycles. The molecule has 2 aliphatic heterocycles. The molecule has 0 saturated carbocycles. The van der Waals surface area contributed by atoms with Crippen LogP contribution in [0.2, 0.25) is 0 Å². The first-order valence-corrected chi connectivity index (χ1v) is 7.46. The fourth-order valence-electron chi connectivity index (χ4n) is 2.80. The summed E-state index contributed by atoms with van der Waals surface area (Å²) in [5.74, 6) is 1.24. The highest BCUT2D eigenvalue weighted by Gasteiger charge is 2.34. The van der Waals surface area contributed by atoms with Crippen LogP contribution in [0.3, 0.4) is 0 Å². The van der Waals surface area contributed by atoms with Crippen LogP contribution < -0.4 is 5.73 Å². The van der Waals surface area contributed by atoms with Crippen LogP contribution in [-0.4, -0.2) is 53.8 Å². The molecule has 2 heterocycles. The van der Waals surface area contributed by atoms with Gasteiger partial charge in [0.1, 0.15) is 0 Å². The molecule has 0 radical (unpaired) electrons. The lowest BCUT2D eigenvalue weighted by Gasteiger charge is -2.39. The molecule has 0 bridgehead atoms. The van der Waals surface area contributed by atoms with Gasteiger partial charge in [-0.1, -0.05) is 6.92 Å². The molecule has 4 atom stereocenters. The molecular weight excluding hydrogens is 220 g/mol. The molecule has 2 aliphatic rings. The fourth-order valence-corrected chi connectivity index (χ4v) is 3.84. The van der Waals surface area contributed by atoms with E-state index in [2.05, 4.69) is 30.5 Å². The lowest BCUT2D eigenvalue weighted by molar-refractivity contribution is -0.00311. The minimum Gasteiger partial charge on any atom is -0.374 e. The molecular formula is C12H24N2OS. The molecule has 0 aromatic rings. The van der Waals surface area contributed by atoms with Crippen molar-refractivity contribution in [2.75, 3.05) is 25.4 Å². The Bertz CT molecular complexity index is 227. The van der Waals surface area contributed by atoms with E-state index in [-0.39, 0.29) is 0 Å². The molecule has 2 fully saturated rings. The van der Waals surface area contributed by atoms with Crippen molar-refractivity contribution in [1.82, 2.24) is 4.90 Å². The smallest absolute Gasteiger partial charge is 0.0747 e. The molecule has 0 spiro atoms. The third-order valence-corrected chi connectivity index (χ3v) is 4.81. The Morgan fingerprint density at radius 1 is 1.44 bits per heavy atom. The minimum atomic E-state index is 0.371. The van der Waals surface area contributed by atoms with Crippen LogP contribution in [0, 0.1) is 0 Å². The number of rotatable bonds is 3. The monoisotopic (exact) mass is 244 g/mol. The highest BCUT2D eigenvalue weighted by atomic mass is 32.2. The predicted octanol–water partition coefficient (Wildman–Crippen LogP) is 1.32. The van der Waals surface area contributed by atoms with Crippen LogP contribution in [0.1, 0.15) is 26.7 Å². The summed E-state index contributed by atoms with van der Waals surface area (Å²) >= 11 is 2.07. The molecule has 94 valence electrons. The second-order valence-corrected chi connectivity index (χ2v) is 6.59. The topological polar surface area (TPSA) is 38.5 Å². The zero-order valence-corrected chi connectivity index (χ0v) is 11.2. The summed E-state index contributed by atoms with van der Waals surface area (Å²) in [5, 5.41) is 0.738. The summed E-state index contributed by atoms with van der Waals surface area (Å²) in [7, 11) is 0. The lowest BCUT2D eigenvalue weighted by Crippen LogP contribution is -2.52. The van der Waals surface area contributed by atoms with E-state index in [1.807, 2.05) is 0 Å². The molecule has 0 amide bonds. The largest absolute Gasteiger partial charge is 0.374 e. The normalized spacial score (nSPS) is 38.8. The van der Waals surface area contributed by atoms with Gasteiger partial charge in [0, 0.05) is 36.7 Å². The van der Waals surface area contributed by atoms with Gasteiger partial charge in [0.05, 0.1) is 12.2 Å². The first kappa shape index (κ1) is 12.7. The maximum absolute atomic E-state index is 5.97. The molecule has 2 rings (SSSR count). The second kappa shape index (κ2) is 5.71. The molecule has 3 nitrogen and oxygen atoms in total. The van der Waals surface area contributed by atoms with Crippen molar-refractivity contribution < 1.29 is 4.74 Å². The number of ether oxygens (including phenoxy) is 1. The van der Waals surface area contributed by atoms with Gasteiger partial charge in [-0.3, -0.25) is 4.90 Å². The van der Waals surface area contributed by atoms with Crippen molar-refractivity contribution in [1.29, 1.82) is 0 Å². The summed E-state index contributed by atoms with van der Waals surface area (Å²) in [4.78, 5) is 2.55. The number of nitrogens with two attached hydrogens (primary N) is 1. The Morgan fingerprint density at radius 2 is 2.25 bits per heavy atom. The van der Waals surface area contributed by atoms with Crippen LogP contribution in [0.5, 0.6) is 0 Å². The zero-order chi connectivity index (χ0) is 11.5. The van der Waals surface area contributed by atoms with Crippen LogP contribution in [0.4, 0.5) is 0 Å². The summed E-state index contributed by atoms with van der Waals surface area (Å²) < 4.78 is 5.97. The highest BCUT2D eigenvalue weighted by molar-refractivity contribution is 7.99. The van der Waals surface area contributed by atoms with Gasteiger partial charge in [-0.2, -0.15) is 11.8 Å². The molecule has 4 unspecified atom stereocenters. The Morgan fingerprint density at radius 3 is 2.81 bits per heavy atom. The van der Waals surface area contributed by atoms with Gasteiger partial charge in [-0.25, -0.2) is 0 Å². The number of thioether (sulfide) groups is 1. The van der Waals surface area contributed by atoms with Gasteiger partial charge < -0.3 is 10.5 Å². The van der Waals surface area contributed by atoms with E-state index >= 15 is 0 Å². The third kappa shape index (κ3) is 2.92. The fraction of sp³-hybridized carbons (Fsp3) is 1.00. The summed E-state index contributed by atoms with van der Waals surface area (Å²) in [6.07, 6.45) is 3.17. The van der Waals surface area contributed by atoms with E-state index in [1.165, 1.54) is 31.7 Å². The molecule has 0 aliphatic carbocycles. The van der Waals surface area contributed by atoms with E-state index in [0.29, 0.717) is 18.2 Å². The van der Waals surface area contributed by atoms with E-state index in [1.54, 1.807) is 0 Å². The SMILES string of the molecule is CC1CCC(C(CN)N2CCSC(C)C2)O1. The Labute approximate surface area is 103 Å². The van der Waals surface area contributed by atoms with Crippen molar-refractivity contribution in [3.63, 3.8) is 0 Å². The maximum atomic E-state index is 5.97.